The molecule has 1 aromatic rings. The molecular formula is C15H20N2O3S. The Labute approximate surface area is 128 Å². The third kappa shape index (κ3) is 5.30. The second-order valence-electron chi connectivity index (χ2n) is 5.10. The molecule has 0 bridgehead atoms. The summed E-state index contributed by atoms with van der Waals surface area (Å²) in [6.07, 6.45) is 0.971. The lowest BCUT2D eigenvalue weighted by atomic mass is 10.2. The number of carbonyl (C=O) groups excluding carboxylic acids is 1. The van der Waals surface area contributed by atoms with Gasteiger partial charge in [0.1, 0.15) is 0 Å². The number of aliphatic carboxylic acids is 1. The molecule has 1 aliphatic heterocycles. The smallest absolute Gasteiger partial charge is 0.317 e. The van der Waals surface area contributed by atoms with Crippen molar-refractivity contribution in [1.82, 2.24) is 10.2 Å². The number of carbonyl (C=O) groups is 2. The SMILES string of the molecule is O=C(O)CCNC(=O)N1CCC(CSc2ccccc2)C1. The van der Waals surface area contributed by atoms with Crippen molar-refractivity contribution >= 4 is 23.8 Å². The molecule has 2 amide bonds. The van der Waals surface area contributed by atoms with Gasteiger partial charge >= 0.3 is 12.0 Å². The maximum Gasteiger partial charge on any atom is 0.317 e. The van der Waals surface area contributed by atoms with Crippen LogP contribution in [0.5, 0.6) is 0 Å². The van der Waals surface area contributed by atoms with Gasteiger partial charge in [0.05, 0.1) is 6.42 Å². The number of hydrogen-bond donors (Lipinski definition) is 2. The van der Waals surface area contributed by atoms with Crippen molar-refractivity contribution in [3.05, 3.63) is 30.3 Å². The predicted molar refractivity (Wildman–Crippen MR) is 82.5 cm³/mol. The number of thioether (sulfide) groups is 1. The van der Waals surface area contributed by atoms with Crippen LogP contribution in [0, 0.1) is 5.92 Å². The highest BCUT2D eigenvalue weighted by Crippen LogP contribution is 2.25. The van der Waals surface area contributed by atoms with Gasteiger partial charge in [-0.25, -0.2) is 4.79 Å². The van der Waals surface area contributed by atoms with Crippen LogP contribution in [0.2, 0.25) is 0 Å². The maximum absolute atomic E-state index is 11.9. The molecule has 0 aromatic heterocycles. The van der Waals surface area contributed by atoms with Crippen LogP contribution in [0.25, 0.3) is 0 Å². The van der Waals surface area contributed by atoms with Crippen molar-refractivity contribution in [2.45, 2.75) is 17.7 Å². The lowest BCUT2D eigenvalue weighted by Gasteiger charge is -2.17. The van der Waals surface area contributed by atoms with E-state index in [-0.39, 0.29) is 19.0 Å². The summed E-state index contributed by atoms with van der Waals surface area (Å²) in [5.41, 5.74) is 0. The molecule has 21 heavy (non-hydrogen) atoms. The lowest BCUT2D eigenvalue weighted by molar-refractivity contribution is -0.136. The molecule has 0 spiro atoms. The molecule has 1 saturated heterocycles. The molecule has 1 fully saturated rings. The van der Waals surface area contributed by atoms with E-state index in [9.17, 15) is 9.59 Å². The van der Waals surface area contributed by atoms with Gasteiger partial charge in [-0.1, -0.05) is 18.2 Å². The number of urea groups is 1. The fraction of sp³-hybridized carbons (Fsp3) is 0.467. The summed E-state index contributed by atoms with van der Waals surface area (Å²) in [5, 5.41) is 11.2. The van der Waals surface area contributed by atoms with Crippen molar-refractivity contribution in [1.29, 1.82) is 0 Å². The molecule has 1 heterocycles. The Hall–Kier alpha value is -1.69. The van der Waals surface area contributed by atoms with Crippen molar-refractivity contribution < 1.29 is 14.7 Å². The minimum absolute atomic E-state index is 0.0349. The van der Waals surface area contributed by atoms with Gasteiger partial charge in [0.25, 0.3) is 0 Å². The predicted octanol–water partition coefficient (Wildman–Crippen LogP) is 2.28. The van der Waals surface area contributed by atoms with Gasteiger partial charge < -0.3 is 15.3 Å². The summed E-state index contributed by atoms with van der Waals surface area (Å²) in [6.45, 7) is 1.69. The maximum atomic E-state index is 11.9. The number of benzene rings is 1. The molecule has 2 rings (SSSR count). The van der Waals surface area contributed by atoms with Gasteiger partial charge in [-0.15, -0.1) is 11.8 Å². The van der Waals surface area contributed by atoms with Crippen LogP contribution in [0.3, 0.4) is 0 Å². The Bertz CT molecular complexity index is 481. The zero-order valence-corrected chi connectivity index (χ0v) is 12.6. The molecule has 5 nitrogen and oxygen atoms in total. The number of rotatable bonds is 6. The van der Waals surface area contributed by atoms with Crippen LogP contribution in [-0.4, -0.2) is 47.4 Å². The minimum Gasteiger partial charge on any atom is -0.481 e. The Kier molecular flexibility index (Phi) is 5.92. The molecule has 6 heteroatoms. The fourth-order valence-corrected chi connectivity index (χ4v) is 3.32. The molecule has 114 valence electrons. The first-order chi connectivity index (χ1) is 10.1. The van der Waals surface area contributed by atoms with Crippen LogP contribution in [0.4, 0.5) is 4.79 Å². The Morgan fingerprint density at radius 1 is 1.33 bits per heavy atom. The van der Waals surface area contributed by atoms with Crippen molar-refractivity contribution in [3.8, 4) is 0 Å². The van der Waals surface area contributed by atoms with E-state index in [4.69, 9.17) is 5.11 Å². The minimum atomic E-state index is -0.895. The highest BCUT2D eigenvalue weighted by molar-refractivity contribution is 7.99. The van der Waals surface area contributed by atoms with E-state index in [1.807, 2.05) is 30.0 Å². The van der Waals surface area contributed by atoms with E-state index in [2.05, 4.69) is 17.4 Å². The molecule has 1 unspecified atom stereocenters. The van der Waals surface area contributed by atoms with Crippen molar-refractivity contribution in [2.24, 2.45) is 5.92 Å². The van der Waals surface area contributed by atoms with Gasteiger partial charge in [0.15, 0.2) is 0 Å². The zero-order valence-electron chi connectivity index (χ0n) is 11.8. The molecule has 0 aliphatic carbocycles. The van der Waals surface area contributed by atoms with Gasteiger partial charge in [-0.05, 0) is 24.5 Å². The van der Waals surface area contributed by atoms with Gasteiger partial charge in [0, 0.05) is 30.3 Å². The van der Waals surface area contributed by atoms with Crippen LogP contribution in [-0.2, 0) is 4.79 Å². The lowest BCUT2D eigenvalue weighted by Crippen LogP contribution is -2.39. The Morgan fingerprint density at radius 2 is 2.10 bits per heavy atom. The number of carboxylic acids is 1. The van der Waals surface area contributed by atoms with Crippen molar-refractivity contribution in [3.63, 3.8) is 0 Å². The van der Waals surface area contributed by atoms with Crippen LogP contribution >= 0.6 is 11.8 Å². The quantitative estimate of drug-likeness (QED) is 0.791. The number of carboxylic acid groups (broad SMARTS) is 1. The van der Waals surface area contributed by atoms with Crippen LogP contribution in [0.1, 0.15) is 12.8 Å². The average Bonchev–Trinajstić information content (AvgIpc) is 2.95. The van der Waals surface area contributed by atoms with E-state index in [0.29, 0.717) is 5.92 Å². The molecule has 2 N–H and O–H groups in total. The number of nitrogens with zero attached hydrogens (tertiary/aromatic N) is 1. The standard InChI is InChI=1S/C15H20N2O3S/c18-14(19)6-8-16-15(20)17-9-7-12(10-17)11-21-13-4-2-1-3-5-13/h1-5,12H,6-11H2,(H,16,20)(H,18,19). The molecule has 1 aliphatic rings. The summed E-state index contributed by atoms with van der Waals surface area (Å²) in [7, 11) is 0. The molecule has 1 atom stereocenters. The van der Waals surface area contributed by atoms with Crippen molar-refractivity contribution in [2.75, 3.05) is 25.4 Å². The number of amides is 2. The second-order valence-corrected chi connectivity index (χ2v) is 6.19. The first-order valence-corrected chi connectivity index (χ1v) is 8.06. The van der Waals surface area contributed by atoms with E-state index in [1.54, 1.807) is 4.90 Å². The summed E-state index contributed by atoms with van der Waals surface area (Å²) < 4.78 is 0. The molecule has 0 saturated carbocycles. The number of likely N-dealkylation sites (tertiary alicyclic amines) is 1. The molecule has 1 aromatic carbocycles. The van der Waals surface area contributed by atoms with E-state index >= 15 is 0 Å². The average molecular weight is 308 g/mol. The van der Waals surface area contributed by atoms with Gasteiger partial charge in [0.2, 0.25) is 0 Å². The largest absolute Gasteiger partial charge is 0.481 e. The number of nitrogens with one attached hydrogen (secondary N) is 1. The Balaban J connectivity index is 1.68. The summed E-state index contributed by atoms with van der Waals surface area (Å²) in [5.74, 6) is 0.609. The van der Waals surface area contributed by atoms with Crippen LogP contribution in [0.15, 0.2) is 35.2 Å². The summed E-state index contributed by atoms with van der Waals surface area (Å²) in [6, 6.07) is 10.1. The topological polar surface area (TPSA) is 69.6 Å². The van der Waals surface area contributed by atoms with Gasteiger partial charge in [-0.2, -0.15) is 0 Å². The fourth-order valence-electron chi connectivity index (χ4n) is 2.27. The van der Waals surface area contributed by atoms with Gasteiger partial charge in [-0.3, -0.25) is 4.79 Å². The third-order valence-corrected chi connectivity index (χ3v) is 4.66. The summed E-state index contributed by atoms with van der Waals surface area (Å²) >= 11 is 1.82. The zero-order chi connectivity index (χ0) is 15.1. The molecule has 0 radical (unpaired) electrons. The highest BCUT2D eigenvalue weighted by Gasteiger charge is 2.26. The summed E-state index contributed by atoms with van der Waals surface area (Å²) in [4.78, 5) is 25.3. The highest BCUT2D eigenvalue weighted by atomic mass is 32.2. The Morgan fingerprint density at radius 3 is 2.81 bits per heavy atom. The third-order valence-electron chi connectivity index (χ3n) is 3.42. The first-order valence-electron chi connectivity index (χ1n) is 7.07. The van der Waals surface area contributed by atoms with E-state index in [1.165, 1.54) is 4.90 Å². The second kappa shape index (κ2) is 7.93. The molecular weight excluding hydrogens is 288 g/mol. The van der Waals surface area contributed by atoms with Crippen LogP contribution < -0.4 is 5.32 Å². The normalized spacial score (nSPS) is 17.7. The monoisotopic (exact) mass is 308 g/mol. The van der Waals surface area contributed by atoms with E-state index in [0.717, 1.165) is 25.3 Å². The van der Waals surface area contributed by atoms with E-state index < -0.39 is 5.97 Å². The number of hydrogen-bond acceptors (Lipinski definition) is 3. The first kappa shape index (κ1) is 15.7.